The number of para-hydroxylation sites is 1. The lowest BCUT2D eigenvalue weighted by molar-refractivity contribution is 0.190. The van der Waals surface area contributed by atoms with Crippen LogP contribution in [0, 0.1) is 0 Å². The van der Waals surface area contributed by atoms with E-state index in [0.717, 1.165) is 11.1 Å². The number of hydrogen-bond donors (Lipinski definition) is 2. The minimum Gasteiger partial charge on any atom is -0.490 e. The standard InChI is InChI=1S/C19H24ClNO3/c1-3-23-18-10-6-8-15(12-21-11-14(2)22)19(18)24-13-16-7-4-5-9-17(16)20/h4-10,14,21-22H,3,11-13H2,1-2H3/t14-/m0/s1. The van der Waals surface area contributed by atoms with E-state index in [1.807, 2.05) is 49.4 Å². The fourth-order valence-corrected chi connectivity index (χ4v) is 2.50. The number of hydrogen-bond acceptors (Lipinski definition) is 4. The maximum atomic E-state index is 9.39. The van der Waals surface area contributed by atoms with Crippen molar-refractivity contribution in [3.8, 4) is 11.5 Å². The number of rotatable bonds is 9. The average Bonchev–Trinajstić information content (AvgIpc) is 2.55. The summed E-state index contributed by atoms with van der Waals surface area (Å²) < 4.78 is 11.7. The van der Waals surface area contributed by atoms with Gasteiger partial charge in [0.25, 0.3) is 0 Å². The Balaban J connectivity index is 2.16. The van der Waals surface area contributed by atoms with E-state index in [4.69, 9.17) is 21.1 Å². The fraction of sp³-hybridized carbons (Fsp3) is 0.368. The van der Waals surface area contributed by atoms with Gasteiger partial charge in [0.15, 0.2) is 11.5 Å². The molecular weight excluding hydrogens is 326 g/mol. The Bertz CT molecular complexity index is 646. The molecule has 0 radical (unpaired) electrons. The van der Waals surface area contributed by atoms with Gasteiger partial charge in [-0.05, 0) is 26.0 Å². The van der Waals surface area contributed by atoms with Crippen molar-refractivity contribution >= 4 is 11.6 Å². The summed E-state index contributed by atoms with van der Waals surface area (Å²) in [7, 11) is 0. The Kier molecular flexibility index (Phi) is 7.37. The van der Waals surface area contributed by atoms with Gasteiger partial charge in [-0.15, -0.1) is 0 Å². The SMILES string of the molecule is CCOc1cccc(CNC[C@H](C)O)c1OCc1ccccc1Cl. The molecule has 2 N–H and O–H groups in total. The van der Waals surface area contributed by atoms with Crippen LogP contribution in [0.1, 0.15) is 25.0 Å². The van der Waals surface area contributed by atoms with E-state index < -0.39 is 6.10 Å². The normalized spacial score (nSPS) is 12.0. The number of aliphatic hydroxyl groups is 1. The maximum absolute atomic E-state index is 9.39. The third-order valence-electron chi connectivity index (χ3n) is 3.45. The Morgan fingerprint density at radius 3 is 2.54 bits per heavy atom. The highest BCUT2D eigenvalue weighted by Gasteiger charge is 2.12. The molecule has 0 saturated heterocycles. The second-order valence-electron chi connectivity index (χ2n) is 5.54. The zero-order chi connectivity index (χ0) is 17.4. The van der Waals surface area contributed by atoms with Gasteiger partial charge < -0.3 is 19.9 Å². The van der Waals surface area contributed by atoms with Crippen LogP contribution < -0.4 is 14.8 Å². The van der Waals surface area contributed by atoms with Crippen LogP contribution in [0.15, 0.2) is 42.5 Å². The minimum absolute atomic E-state index is 0.368. The van der Waals surface area contributed by atoms with Crippen LogP contribution in [0.2, 0.25) is 5.02 Å². The van der Waals surface area contributed by atoms with Gasteiger partial charge >= 0.3 is 0 Å². The summed E-state index contributed by atoms with van der Waals surface area (Å²) in [5, 5.41) is 13.3. The number of ether oxygens (including phenoxy) is 2. The largest absolute Gasteiger partial charge is 0.490 e. The van der Waals surface area contributed by atoms with Crippen molar-refractivity contribution in [2.45, 2.75) is 33.1 Å². The van der Waals surface area contributed by atoms with Crippen molar-refractivity contribution in [1.82, 2.24) is 5.32 Å². The van der Waals surface area contributed by atoms with Crippen LogP contribution in [0.4, 0.5) is 0 Å². The first kappa shape index (κ1) is 18.6. The summed E-state index contributed by atoms with van der Waals surface area (Å²) in [6, 6.07) is 13.4. The first-order valence-corrected chi connectivity index (χ1v) is 8.49. The number of benzene rings is 2. The average molecular weight is 350 g/mol. The van der Waals surface area contributed by atoms with E-state index in [1.54, 1.807) is 6.92 Å². The van der Waals surface area contributed by atoms with Gasteiger partial charge in [0.2, 0.25) is 0 Å². The highest BCUT2D eigenvalue weighted by atomic mass is 35.5. The molecule has 0 bridgehead atoms. The second kappa shape index (κ2) is 9.52. The molecule has 5 heteroatoms. The maximum Gasteiger partial charge on any atom is 0.166 e. The molecule has 0 fully saturated rings. The molecule has 2 aromatic carbocycles. The molecule has 2 rings (SSSR count). The van der Waals surface area contributed by atoms with Crippen molar-refractivity contribution in [3.63, 3.8) is 0 Å². The molecule has 24 heavy (non-hydrogen) atoms. The quantitative estimate of drug-likeness (QED) is 0.723. The first-order valence-electron chi connectivity index (χ1n) is 8.11. The minimum atomic E-state index is -0.396. The third-order valence-corrected chi connectivity index (χ3v) is 3.81. The van der Waals surface area contributed by atoms with E-state index in [1.165, 1.54) is 0 Å². The van der Waals surface area contributed by atoms with Crippen molar-refractivity contribution in [3.05, 3.63) is 58.6 Å². The molecule has 0 aliphatic rings. The lowest BCUT2D eigenvalue weighted by Gasteiger charge is -2.17. The van der Waals surface area contributed by atoms with Gasteiger partial charge in [0, 0.05) is 29.2 Å². The van der Waals surface area contributed by atoms with Crippen LogP contribution in [0.25, 0.3) is 0 Å². The third kappa shape index (κ3) is 5.41. The molecule has 1 atom stereocenters. The summed E-state index contributed by atoms with van der Waals surface area (Å²) >= 11 is 6.20. The topological polar surface area (TPSA) is 50.7 Å². The lowest BCUT2D eigenvalue weighted by Crippen LogP contribution is -2.24. The van der Waals surface area contributed by atoms with Crippen LogP contribution >= 0.6 is 11.6 Å². The van der Waals surface area contributed by atoms with Crippen molar-refractivity contribution < 1.29 is 14.6 Å². The monoisotopic (exact) mass is 349 g/mol. The van der Waals surface area contributed by atoms with Crippen LogP contribution in [0.3, 0.4) is 0 Å². The summed E-state index contributed by atoms with van der Waals surface area (Å²) in [6.07, 6.45) is -0.396. The van der Waals surface area contributed by atoms with Gasteiger partial charge in [0.05, 0.1) is 12.7 Å². The van der Waals surface area contributed by atoms with E-state index in [0.29, 0.717) is 42.8 Å². The molecule has 0 heterocycles. The molecule has 0 aromatic heterocycles. The van der Waals surface area contributed by atoms with E-state index >= 15 is 0 Å². The van der Waals surface area contributed by atoms with Gasteiger partial charge in [-0.1, -0.05) is 41.9 Å². The first-order chi connectivity index (χ1) is 11.6. The van der Waals surface area contributed by atoms with Crippen LogP contribution in [0.5, 0.6) is 11.5 Å². The van der Waals surface area contributed by atoms with Gasteiger partial charge in [-0.3, -0.25) is 0 Å². The van der Waals surface area contributed by atoms with E-state index in [-0.39, 0.29) is 0 Å². The Labute approximate surface area is 148 Å². The van der Waals surface area contributed by atoms with Gasteiger partial charge in [0.1, 0.15) is 6.61 Å². The van der Waals surface area contributed by atoms with Crippen molar-refractivity contribution in [1.29, 1.82) is 0 Å². The molecule has 130 valence electrons. The highest BCUT2D eigenvalue weighted by Crippen LogP contribution is 2.32. The molecule has 0 amide bonds. The van der Waals surface area contributed by atoms with Crippen molar-refractivity contribution in [2.24, 2.45) is 0 Å². The molecule has 0 saturated carbocycles. The zero-order valence-corrected chi connectivity index (χ0v) is 14.8. The Morgan fingerprint density at radius 1 is 1.08 bits per heavy atom. The van der Waals surface area contributed by atoms with Gasteiger partial charge in [-0.2, -0.15) is 0 Å². The summed E-state index contributed by atoms with van der Waals surface area (Å²) in [4.78, 5) is 0. The lowest BCUT2D eigenvalue weighted by atomic mass is 10.1. The zero-order valence-electron chi connectivity index (χ0n) is 14.1. The summed E-state index contributed by atoms with van der Waals surface area (Å²) in [5.41, 5.74) is 1.90. The molecule has 4 nitrogen and oxygen atoms in total. The summed E-state index contributed by atoms with van der Waals surface area (Å²) in [6.45, 7) is 5.72. The Hall–Kier alpha value is -1.75. The predicted molar refractivity (Wildman–Crippen MR) is 96.8 cm³/mol. The van der Waals surface area contributed by atoms with Crippen molar-refractivity contribution in [2.75, 3.05) is 13.2 Å². The number of nitrogens with one attached hydrogen (secondary N) is 1. The van der Waals surface area contributed by atoms with E-state index in [2.05, 4.69) is 5.32 Å². The molecule has 0 aliphatic carbocycles. The van der Waals surface area contributed by atoms with Gasteiger partial charge in [-0.25, -0.2) is 0 Å². The van der Waals surface area contributed by atoms with Crippen LogP contribution in [-0.2, 0) is 13.2 Å². The molecular formula is C19H24ClNO3. The second-order valence-corrected chi connectivity index (χ2v) is 5.94. The van der Waals surface area contributed by atoms with Crippen LogP contribution in [-0.4, -0.2) is 24.4 Å². The van der Waals surface area contributed by atoms with E-state index in [9.17, 15) is 5.11 Å². The predicted octanol–water partition coefficient (Wildman–Crippen LogP) is 3.79. The molecule has 0 unspecified atom stereocenters. The fourth-order valence-electron chi connectivity index (χ4n) is 2.31. The number of aliphatic hydroxyl groups excluding tert-OH is 1. The number of halogens is 1. The smallest absolute Gasteiger partial charge is 0.166 e. The molecule has 2 aromatic rings. The molecule has 0 aliphatic heterocycles. The Morgan fingerprint density at radius 2 is 1.83 bits per heavy atom. The summed E-state index contributed by atoms with van der Waals surface area (Å²) in [5.74, 6) is 1.42. The highest BCUT2D eigenvalue weighted by molar-refractivity contribution is 6.31. The molecule has 0 spiro atoms.